The SMILES string of the molecule is Cc1ncsc1-c1ccc(CNC(=O)[C@@H]2C[C@@H](O)CN2C(=O)C(NC(=O)C2(F)CC2)C(C)(C)C)c(OCCc2cn(CCCNC(=O)O)nn2)c1. The van der Waals surface area contributed by atoms with Crippen molar-refractivity contribution >= 4 is 35.2 Å². The number of nitrogens with zero attached hydrogens (tertiary/aromatic N) is 5. The first-order chi connectivity index (χ1) is 24.1. The van der Waals surface area contributed by atoms with Gasteiger partial charge in [-0.3, -0.25) is 19.1 Å². The van der Waals surface area contributed by atoms with E-state index in [-0.39, 0.29) is 39.0 Å². The normalized spacial score (nSPS) is 18.6. The van der Waals surface area contributed by atoms with Crippen LogP contribution in [0.2, 0.25) is 0 Å². The van der Waals surface area contributed by atoms with Crippen molar-refractivity contribution in [3.05, 3.63) is 46.9 Å². The van der Waals surface area contributed by atoms with Crippen LogP contribution in [0.25, 0.3) is 10.4 Å². The maximum Gasteiger partial charge on any atom is 0.404 e. The van der Waals surface area contributed by atoms with E-state index in [2.05, 4.69) is 31.2 Å². The number of thiazole rings is 1. The first-order valence-corrected chi connectivity index (χ1v) is 17.8. The van der Waals surface area contributed by atoms with Gasteiger partial charge >= 0.3 is 6.09 Å². The number of aryl methyl sites for hydroxylation is 2. The number of halogens is 1. The molecule has 2 aliphatic rings. The van der Waals surface area contributed by atoms with Gasteiger partial charge in [-0.2, -0.15) is 0 Å². The van der Waals surface area contributed by atoms with Crippen LogP contribution in [0.15, 0.2) is 29.9 Å². The summed E-state index contributed by atoms with van der Waals surface area (Å²) < 4.78 is 22.4. The molecule has 3 heterocycles. The zero-order chi connectivity index (χ0) is 36.9. The number of nitrogens with one attached hydrogen (secondary N) is 3. The van der Waals surface area contributed by atoms with Crippen LogP contribution >= 0.6 is 11.3 Å². The van der Waals surface area contributed by atoms with E-state index in [1.165, 1.54) is 16.2 Å². The average molecular weight is 729 g/mol. The van der Waals surface area contributed by atoms with Crippen molar-refractivity contribution in [1.82, 2.24) is 40.8 Å². The van der Waals surface area contributed by atoms with Gasteiger partial charge in [0, 0.05) is 50.8 Å². The van der Waals surface area contributed by atoms with Gasteiger partial charge in [0.1, 0.15) is 17.8 Å². The number of hydrogen-bond donors (Lipinski definition) is 5. The van der Waals surface area contributed by atoms with E-state index < -0.39 is 53.1 Å². The second-order valence-electron chi connectivity index (χ2n) is 14.1. The zero-order valence-corrected chi connectivity index (χ0v) is 30.0. The second kappa shape index (κ2) is 15.7. The molecule has 0 bridgehead atoms. The minimum Gasteiger partial charge on any atom is -0.493 e. The molecule has 3 aromatic rings. The Morgan fingerprint density at radius 3 is 2.63 bits per heavy atom. The lowest BCUT2D eigenvalue weighted by molar-refractivity contribution is -0.145. The Bertz CT molecular complexity index is 1740. The van der Waals surface area contributed by atoms with Gasteiger partial charge in [0.15, 0.2) is 5.67 Å². The molecule has 276 valence electrons. The molecule has 15 nitrogen and oxygen atoms in total. The topological polar surface area (TPSA) is 201 Å². The van der Waals surface area contributed by atoms with E-state index in [9.17, 15) is 28.7 Å². The molecule has 3 atom stereocenters. The number of amides is 4. The van der Waals surface area contributed by atoms with Crippen LogP contribution in [0.1, 0.15) is 63.4 Å². The largest absolute Gasteiger partial charge is 0.493 e. The van der Waals surface area contributed by atoms with Gasteiger partial charge in [0.05, 0.1) is 34.5 Å². The number of aromatic nitrogens is 4. The Morgan fingerprint density at radius 2 is 1.96 bits per heavy atom. The molecule has 1 aliphatic carbocycles. The molecule has 0 spiro atoms. The number of ether oxygens (including phenoxy) is 1. The molecule has 5 rings (SSSR count). The third-order valence-electron chi connectivity index (χ3n) is 8.92. The van der Waals surface area contributed by atoms with E-state index in [4.69, 9.17) is 9.84 Å². The lowest BCUT2D eigenvalue weighted by atomic mass is 9.85. The molecule has 0 radical (unpaired) electrons. The molecule has 5 N–H and O–H groups in total. The molecule has 17 heteroatoms. The Labute approximate surface area is 299 Å². The predicted octanol–water partition coefficient (Wildman–Crippen LogP) is 2.60. The summed E-state index contributed by atoms with van der Waals surface area (Å²) in [6, 6.07) is 3.56. The fourth-order valence-electron chi connectivity index (χ4n) is 5.84. The van der Waals surface area contributed by atoms with E-state index in [1.54, 1.807) is 37.2 Å². The number of aliphatic hydroxyl groups is 1. The Morgan fingerprint density at radius 1 is 1.20 bits per heavy atom. The monoisotopic (exact) mass is 728 g/mol. The van der Waals surface area contributed by atoms with Crippen LogP contribution in [0.4, 0.5) is 9.18 Å². The number of carbonyl (C=O) groups is 4. The molecular weight excluding hydrogens is 683 g/mol. The fraction of sp³-hybridized carbons (Fsp3) is 0.559. The highest BCUT2D eigenvalue weighted by Gasteiger charge is 2.53. The van der Waals surface area contributed by atoms with Crippen molar-refractivity contribution in [3.63, 3.8) is 0 Å². The highest BCUT2D eigenvalue weighted by Crippen LogP contribution is 2.40. The highest BCUT2D eigenvalue weighted by molar-refractivity contribution is 7.13. The molecule has 2 aromatic heterocycles. The van der Waals surface area contributed by atoms with Gasteiger partial charge in [-0.1, -0.05) is 38.1 Å². The number of carboxylic acid groups (broad SMARTS) is 1. The zero-order valence-electron chi connectivity index (χ0n) is 29.1. The van der Waals surface area contributed by atoms with Crippen LogP contribution < -0.4 is 20.7 Å². The third kappa shape index (κ3) is 9.58. The molecule has 1 aromatic carbocycles. The number of likely N-dealkylation sites (tertiary alicyclic amines) is 1. The van der Waals surface area contributed by atoms with Gasteiger partial charge < -0.3 is 35.8 Å². The summed E-state index contributed by atoms with van der Waals surface area (Å²) >= 11 is 1.50. The van der Waals surface area contributed by atoms with Gasteiger partial charge in [-0.05, 0) is 43.2 Å². The summed E-state index contributed by atoms with van der Waals surface area (Å²) in [5.41, 5.74) is 2.14. The van der Waals surface area contributed by atoms with E-state index in [0.29, 0.717) is 42.9 Å². The van der Waals surface area contributed by atoms with Crippen LogP contribution in [0.3, 0.4) is 0 Å². The van der Waals surface area contributed by atoms with Crippen LogP contribution in [-0.2, 0) is 33.9 Å². The fourth-order valence-corrected chi connectivity index (χ4v) is 6.64. The van der Waals surface area contributed by atoms with Crippen molar-refractivity contribution < 1.29 is 38.5 Å². The van der Waals surface area contributed by atoms with Crippen molar-refractivity contribution in [3.8, 4) is 16.2 Å². The van der Waals surface area contributed by atoms with Crippen molar-refractivity contribution in [1.29, 1.82) is 0 Å². The Kier molecular flexibility index (Phi) is 11.6. The number of β-amino-alcohol motifs (C(OH)–C–C–N with tert-alkyl or cyclic N) is 1. The van der Waals surface area contributed by atoms with E-state index in [0.717, 1.165) is 16.1 Å². The Hall–Kier alpha value is -4.64. The first-order valence-electron chi connectivity index (χ1n) is 16.9. The van der Waals surface area contributed by atoms with Crippen molar-refractivity contribution in [2.45, 2.75) is 96.7 Å². The standard InChI is InChI=1S/C34H45FN8O7S/c1-20-27(51-19-38-20)21-6-7-22(26(14-21)50-13-8-23-17-42(41-40-23)12-5-11-36-32(48)49)16-37-29(45)25-15-24(44)18-43(25)30(46)28(33(2,3)4)39-31(47)34(35)9-10-34/h6-7,14,17,19,24-25,28,36,44H,5,8-13,15-16,18H2,1-4H3,(H,37,45)(H,39,47)(H,48,49)/t24-,25+,28?/m1/s1. The summed E-state index contributed by atoms with van der Waals surface area (Å²) in [6.07, 6.45) is 0.973. The van der Waals surface area contributed by atoms with Gasteiger partial charge in [-0.25, -0.2) is 14.2 Å². The Balaban J connectivity index is 1.25. The maximum absolute atomic E-state index is 14.5. The van der Waals surface area contributed by atoms with Crippen LogP contribution in [0, 0.1) is 12.3 Å². The molecule has 51 heavy (non-hydrogen) atoms. The molecule has 1 unspecified atom stereocenters. The van der Waals surface area contributed by atoms with E-state index in [1.807, 2.05) is 25.1 Å². The highest BCUT2D eigenvalue weighted by atomic mass is 32.1. The summed E-state index contributed by atoms with van der Waals surface area (Å²) in [6.45, 7) is 8.19. The predicted molar refractivity (Wildman–Crippen MR) is 185 cm³/mol. The first kappa shape index (κ1) is 37.6. The molecule has 1 saturated carbocycles. The van der Waals surface area contributed by atoms with Gasteiger partial charge in [-0.15, -0.1) is 16.4 Å². The van der Waals surface area contributed by atoms with Gasteiger partial charge in [0.2, 0.25) is 11.8 Å². The molecular formula is C34H45FN8O7S. The molecule has 1 saturated heterocycles. The lowest BCUT2D eigenvalue weighted by Crippen LogP contribution is -2.59. The summed E-state index contributed by atoms with van der Waals surface area (Å²) in [5.74, 6) is -1.34. The summed E-state index contributed by atoms with van der Waals surface area (Å²) in [5, 5.41) is 35.3. The van der Waals surface area contributed by atoms with Crippen LogP contribution in [-0.4, -0.2) is 102 Å². The van der Waals surface area contributed by atoms with Gasteiger partial charge in [0.25, 0.3) is 5.91 Å². The van der Waals surface area contributed by atoms with Crippen molar-refractivity contribution in [2.75, 3.05) is 19.7 Å². The number of rotatable bonds is 15. The smallest absolute Gasteiger partial charge is 0.404 e. The number of alkyl halides is 1. The number of aliphatic hydroxyl groups excluding tert-OH is 1. The van der Waals surface area contributed by atoms with Crippen molar-refractivity contribution in [2.24, 2.45) is 5.41 Å². The molecule has 2 fully saturated rings. The minimum atomic E-state index is -1.97. The lowest BCUT2D eigenvalue weighted by Gasteiger charge is -2.35. The number of hydrogen-bond acceptors (Lipinski definition) is 10. The van der Waals surface area contributed by atoms with Crippen LogP contribution in [0.5, 0.6) is 5.75 Å². The molecule has 4 amide bonds. The average Bonchev–Trinajstić information content (AvgIpc) is 3.37. The summed E-state index contributed by atoms with van der Waals surface area (Å²) in [4.78, 5) is 57.3. The molecule has 1 aliphatic heterocycles. The number of benzene rings is 1. The maximum atomic E-state index is 14.5. The second-order valence-corrected chi connectivity index (χ2v) is 15.0. The minimum absolute atomic E-state index is 0.0130. The summed E-state index contributed by atoms with van der Waals surface area (Å²) in [7, 11) is 0. The van der Waals surface area contributed by atoms with E-state index >= 15 is 0 Å². The quantitative estimate of drug-likeness (QED) is 0.145. The third-order valence-corrected chi connectivity index (χ3v) is 9.90. The number of carbonyl (C=O) groups excluding carboxylic acids is 3.